The second-order valence-electron chi connectivity index (χ2n) is 5.75. The van der Waals surface area contributed by atoms with Gasteiger partial charge in [-0.2, -0.15) is 0 Å². The van der Waals surface area contributed by atoms with Crippen molar-refractivity contribution in [2.45, 2.75) is 19.8 Å². The number of carbonyl (C=O) groups is 2. The highest BCUT2D eigenvalue weighted by Gasteiger charge is 2.33. The smallest absolute Gasteiger partial charge is 0.428 e. The molecule has 1 saturated heterocycles. The Balaban J connectivity index is 1.89. The Morgan fingerprint density at radius 1 is 1.20 bits per heavy atom. The first-order valence-corrected chi connectivity index (χ1v) is 8.35. The van der Waals surface area contributed by atoms with Gasteiger partial charge in [-0.3, -0.25) is 4.79 Å². The molecule has 7 nitrogen and oxygen atoms in total. The van der Waals surface area contributed by atoms with E-state index in [9.17, 15) is 9.59 Å². The Bertz CT molecular complexity index is 793. The van der Waals surface area contributed by atoms with E-state index in [1.807, 2.05) is 31.2 Å². The summed E-state index contributed by atoms with van der Waals surface area (Å²) in [6, 6.07) is 9.07. The lowest BCUT2D eigenvalue weighted by Crippen LogP contribution is -2.45. The van der Waals surface area contributed by atoms with Gasteiger partial charge in [-0.25, -0.2) is 19.8 Å². The number of methoxy groups -OCH3 is 1. The van der Waals surface area contributed by atoms with Gasteiger partial charge in [-0.05, 0) is 25.0 Å². The molecule has 1 aliphatic heterocycles. The Labute approximate surface area is 146 Å². The van der Waals surface area contributed by atoms with E-state index in [2.05, 4.69) is 4.98 Å². The molecule has 2 aromatic rings. The molecule has 1 aromatic heterocycles. The lowest BCUT2D eigenvalue weighted by atomic mass is 10.1. The topological polar surface area (TPSA) is 72.0 Å². The number of hydrogen-bond donors (Lipinski definition) is 0. The van der Waals surface area contributed by atoms with Crippen molar-refractivity contribution in [2.24, 2.45) is 0 Å². The second kappa shape index (κ2) is 7.38. The Morgan fingerprint density at radius 3 is 2.72 bits per heavy atom. The molecule has 0 atom stereocenters. The molecule has 25 heavy (non-hydrogen) atoms. The van der Waals surface area contributed by atoms with Gasteiger partial charge >= 0.3 is 6.09 Å². The average molecular weight is 343 g/mol. The zero-order chi connectivity index (χ0) is 17.8. The fourth-order valence-corrected chi connectivity index (χ4v) is 2.83. The highest BCUT2D eigenvalue weighted by atomic mass is 16.6. The van der Waals surface area contributed by atoms with Crippen LogP contribution in [0.2, 0.25) is 0 Å². The highest BCUT2D eigenvalue weighted by Crippen LogP contribution is 2.26. The molecule has 3 rings (SSSR count). The number of nitrogens with zero attached hydrogens (tertiary/aromatic N) is 3. The van der Waals surface area contributed by atoms with Gasteiger partial charge in [0.05, 0.1) is 19.2 Å². The van der Waals surface area contributed by atoms with E-state index >= 15 is 0 Å². The lowest BCUT2D eigenvalue weighted by molar-refractivity contribution is 0.0129. The summed E-state index contributed by atoms with van der Waals surface area (Å²) in [5.74, 6) is 0.239. The standard InChI is InChI=1S/C18H21N3O4/c1-3-11-25-18(23)21-10-6-9-20(21)17(22)15-12-16(24-2)13-7-4-5-8-14(13)19-15/h4-5,7-8,12H,3,6,9-11H2,1-2H3. The van der Waals surface area contributed by atoms with E-state index in [1.165, 1.54) is 10.0 Å². The Morgan fingerprint density at radius 2 is 1.96 bits per heavy atom. The van der Waals surface area contributed by atoms with E-state index in [0.717, 1.165) is 11.8 Å². The number of rotatable bonds is 4. The number of hydrogen-bond acceptors (Lipinski definition) is 5. The first kappa shape index (κ1) is 17.0. The van der Waals surface area contributed by atoms with E-state index in [4.69, 9.17) is 9.47 Å². The number of aromatic nitrogens is 1. The lowest BCUT2D eigenvalue weighted by Gasteiger charge is -2.26. The molecule has 2 amide bonds. The Hall–Kier alpha value is -2.83. The van der Waals surface area contributed by atoms with Crippen LogP contribution in [0, 0.1) is 0 Å². The van der Waals surface area contributed by atoms with Crippen LogP contribution in [-0.4, -0.2) is 53.8 Å². The summed E-state index contributed by atoms with van der Waals surface area (Å²) >= 11 is 0. The summed E-state index contributed by atoms with van der Waals surface area (Å²) < 4.78 is 10.5. The number of hydrazine groups is 1. The molecule has 1 aliphatic rings. The van der Waals surface area contributed by atoms with Gasteiger partial charge in [0, 0.05) is 24.5 Å². The van der Waals surface area contributed by atoms with Gasteiger partial charge in [0.1, 0.15) is 11.4 Å². The molecule has 2 heterocycles. The Kier molecular flexibility index (Phi) is 5.02. The van der Waals surface area contributed by atoms with Crippen molar-refractivity contribution in [3.8, 4) is 5.75 Å². The van der Waals surface area contributed by atoms with Crippen LogP contribution in [0.1, 0.15) is 30.3 Å². The van der Waals surface area contributed by atoms with Gasteiger partial charge in [0.2, 0.25) is 0 Å². The minimum absolute atomic E-state index is 0.241. The molecule has 0 bridgehead atoms. The van der Waals surface area contributed by atoms with Crippen LogP contribution in [0.5, 0.6) is 5.75 Å². The van der Waals surface area contributed by atoms with E-state index < -0.39 is 6.09 Å². The number of ether oxygens (including phenoxy) is 2. The van der Waals surface area contributed by atoms with Gasteiger partial charge in [-0.1, -0.05) is 19.1 Å². The number of carbonyl (C=O) groups excluding carboxylic acids is 2. The van der Waals surface area contributed by atoms with E-state index in [1.54, 1.807) is 13.2 Å². The molecular weight excluding hydrogens is 322 g/mol. The van der Waals surface area contributed by atoms with Crippen molar-refractivity contribution in [1.82, 2.24) is 15.0 Å². The predicted octanol–water partition coefficient (Wildman–Crippen LogP) is 2.85. The number of pyridine rings is 1. The second-order valence-corrected chi connectivity index (χ2v) is 5.75. The fourth-order valence-electron chi connectivity index (χ4n) is 2.83. The molecule has 0 unspecified atom stereocenters. The third kappa shape index (κ3) is 3.35. The summed E-state index contributed by atoms with van der Waals surface area (Å²) in [5.41, 5.74) is 0.912. The molecule has 0 saturated carbocycles. The normalized spacial score (nSPS) is 14.0. The molecule has 0 radical (unpaired) electrons. The largest absolute Gasteiger partial charge is 0.496 e. The quantitative estimate of drug-likeness (QED) is 0.853. The molecule has 1 fully saturated rings. The minimum atomic E-state index is -0.500. The van der Waals surface area contributed by atoms with Crippen LogP contribution < -0.4 is 4.74 Å². The summed E-state index contributed by atoms with van der Waals surface area (Å²) in [4.78, 5) is 29.5. The van der Waals surface area contributed by atoms with Crippen molar-refractivity contribution in [2.75, 3.05) is 26.8 Å². The summed E-state index contributed by atoms with van der Waals surface area (Å²) in [6.45, 7) is 3.17. The molecule has 7 heteroatoms. The SMILES string of the molecule is CCCOC(=O)N1CCCN1C(=O)c1cc(OC)c2ccccc2n1. The molecule has 132 valence electrons. The van der Waals surface area contributed by atoms with Gasteiger partial charge in [-0.15, -0.1) is 0 Å². The molecule has 0 spiro atoms. The maximum atomic E-state index is 12.9. The van der Waals surface area contributed by atoms with Gasteiger partial charge in [0.25, 0.3) is 5.91 Å². The van der Waals surface area contributed by atoms with Crippen LogP contribution in [0.15, 0.2) is 30.3 Å². The zero-order valence-corrected chi connectivity index (χ0v) is 14.4. The molecular formula is C18H21N3O4. The van der Waals surface area contributed by atoms with Crippen LogP contribution in [0.3, 0.4) is 0 Å². The van der Waals surface area contributed by atoms with Crippen molar-refractivity contribution in [1.29, 1.82) is 0 Å². The van der Waals surface area contributed by atoms with E-state index in [-0.39, 0.29) is 11.6 Å². The summed E-state index contributed by atoms with van der Waals surface area (Å²) in [7, 11) is 1.56. The number of benzene rings is 1. The average Bonchev–Trinajstić information content (AvgIpc) is 3.14. The van der Waals surface area contributed by atoms with Crippen LogP contribution in [0.4, 0.5) is 4.79 Å². The number of fused-ring (bicyclic) bond motifs is 1. The monoisotopic (exact) mass is 343 g/mol. The molecule has 0 aliphatic carbocycles. The molecule has 1 aromatic carbocycles. The van der Waals surface area contributed by atoms with Gasteiger partial charge in [0.15, 0.2) is 0 Å². The molecule has 0 N–H and O–H groups in total. The van der Waals surface area contributed by atoms with Crippen LogP contribution in [0.25, 0.3) is 10.9 Å². The van der Waals surface area contributed by atoms with Crippen molar-refractivity contribution >= 4 is 22.9 Å². The number of para-hydroxylation sites is 1. The predicted molar refractivity (Wildman–Crippen MR) is 92.3 cm³/mol. The minimum Gasteiger partial charge on any atom is -0.496 e. The zero-order valence-electron chi connectivity index (χ0n) is 14.4. The van der Waals surface area contributed by atoms with E-state index in [0.29, 0.717) is 37.4 Å². The maximum Gasteiger partial charge on any atom is 0.428 e. The highest BCUT2D eigenvalue weighted by molar-refractivity contribution is 5.97. The maximum absolute atomic E-state index is 12.9. The first-order chi connectivity index (χ1) is 12.2. The third-order valence-electron chi connectivity index (χ3n) is 4.02. The third-order valence-corrected chi connectivity index (χ3v) is 4.02. The summed E-state index contributed by atoms with van der Waals surface area (Å²) in [6.07, 6.45) is 0.940. The van der Waals surface area contributed by atoms with Crippen molar-refractivity contribution in [3.05, 3.63) is 36.0 Å². The number of amides is 2. The van der Waals surface area contributed by atoms with Crippen molar-refractivity contribution < 1.29 is 19.1 Å². The summed E-state index contributed by atoms with van der Waals surface area (Å²) in [5, 5.41) is 3.58. The van der Waals surface area contributed by atoms with Crippen molar-refractivity contribution in [3.63, 3.8) is 0 Å². The van der Waals surface area contributed by atoms with Crippen LogP contribution >= 0.6 is 0 Å². The van der Waals surface area contributed by atoms with Gasteiger partial charge < -0.3 is 9.47 Å². The first-order valence-electron chi connectivity index (χ1n) is 8.35. The van der Waals surface area contributed by atoms with Crippen LogP contribution in [-0.2, 0) is 4.74 Å². The fraction of sp³-hybridized carbons (Fsp3) is 0.389.